The molecule has 0 saturated carbocycles. The first-order valence-corrected chi connectivity index (χ1v) is 7.16. The molecule has 0 N–H and O–H groups in total. The van der Waals surface area contributed by atoms with E-state index in [1.807, 2.05) is 0 Å². The third-order valence-corrected chi connectivity index (χ3v) is 3.80. The van der Waals surface area contributed by atoms with Gasteiger partial charge in [-0.15, -0.1) is 0 Å². The summed E-state index contributed by atoms with van der Waals surface area (Å²) in [5.41, 5.74) is 0. The van der Waals surface area contributed by atoms with E-state index in [0.29, 0.717) is 10.2 Å². The molecule has 1 aromatic rings. The van der Waals surface area contributed by atoms with Gasteiger partial charge in [-0.25, -0.2) is 0 Å². The first-order chi connectivity index (χ1) is 8.47. The zero-order chi connectivity index (χ0) is 13.3. The van der Waals surface area contributed by atoms with E-state index in [1.165, 1.54) is 12.2 Å². The van der Waals surface area contributed by atoms with Crippen LogP contribution in [-0.4, -0.2) is 11.6 Å². The van der Waals surface area contributed by atoms with Gasteiger partial charge in [-0.3, -0.25) is 9.59 Å². The Morgan fingerprint density at radius 3 is 2.39 bits per heavy atom. The van der Waals surface area contributed by atoms with Gasteiger partial charge in [-0.1, -0.05) is 15.9 Å². The van der Waals surface area contributed by atoms with Gasteiger partial charge in [0.1, 0.15) is 5.75 Å². The molecule has 0 radical (unpaired) electrons. The molecule has 18 heavy (non-hydrogen) atoms. The molecular weight excluding hydrogens is 432 g/mol. The highest BCUT2D eigenvalue weighted by Gasteiger charge is 2.22. The van der Waals surface area contributed by atoms with E-state index in [-0.39, 0.29) is 21.8 Å². The highest BCUT2D eigenvalue weighted by atomic mass is 79.9. The van der Waals surface area contributed by atoms with Crippen LogP contribution in [-0.2, 0) is 9.59 Å². The molecule has 92 valence electrons. The lowest BCUT2D eigenvalue weighted by molar-refractivity contribution is -0.116. The average Bonchev–Trinajstić information content (AvgIpc) is 2.29. The van der Waals surface area contributed by atoms with Crippen LogP contribution in [0.4, 0.5) is 0 Å². The molecule has 0 amide bonds. The number of carbonyl (C=O) groups is 2. The van der Waals surface area contributed by atoms with E-state index >= 15 is 0 Å². The van der Waals surface area contributed by atoms with Gasteiger partial charge in [0.25, 0.3) is 0 Å². The van der Waals surface area contributed by atoms with Gasteiger partial charge in [-0.05, 0) is 50.1 Å². The molecule has 0 saturated heterocycles. The second-order valence-electron chi connectivity index (χ2n) is 3.41. The van der Waals surface area contributed by atoms with Crippen LogP contribution in [0.2, 0.25) is 0 Å². The summed E-state index contributed by atoms with van der Waals surface area (Å²) in [6.45, 7) is 0. The molecule has 0 bridgehead atoms. The van der Waals surface area contributed by atoms with Crippen LogP contribution < -0.4 is 4.74 Å². The van der Waals surface area contributed by atoms with E-state index < -0.39 is 0 Å². The fraction of sp³-hybridized carbons (Fsp3) is 0. The van der Waals surface area contributed by atoms with Crippen LogP contribution in [0.3, 0.4) is 0 Å². The summed E-state index contributed by atoms with van der Waals surface area (Å²) < 4.78 is 7.20. The number of hydrogen-bond acceptors (Lipinski definition) is 3. The Labute approximate surface area is 128 Å². The summed E-state index contributed by atoms with van der Waals surface area (Å²) in [4.78, 5) is 23.1. The molecule has 1 aromatic carbocycles. The fourth-order valence-corrected chi connectivity index (χ4v) is 2.85. The van der Waals surface area contributed by atoms with Crippen LogP contribution in [0.15, 0.2) is 49.5 Å². The van der Waals surface area contributed by atoms with Crippen molar-refractivity contribution in [3.05, 3.63) is 49.5 Å². The van der Waals surface area contributed by atoms with Crippen molar-refractivity contribution < 1.29 is 14.3 Å². The van der Waals surface area contributed by atoms with E-state index in [0.717, 1.165) is 4.47 Å². The zero-order valence-corrected chi connectivity index (χ0v) is 13.5. The SMILES string of the molecule is O=C1C=C(Br)C(=O)C(Oc2ccc(Br)cc2Br)=C1. The molecule has 0 aromatic heterocycles. The number of hydrogen-bond donors (Lipinski definition) is 0. The van der Waals surface area contributed by atoms with E-state index in [2.05, 4.69) is 47.8 Å². The number of benzene rings is 1. The van der Waals surface area contributed by atoms with Gasteiger partial charge < -0.3 is 4.74 Å². The Balaban J connectivity index is 2.29. The van der Waals surface area contributed by atoms with Crippen molar-refractivity contribution in [2.24, 2.45) is 0 Å². The summed E-state index contributed by atoms with van der Waals surface area (Å²) in [5.74, 6) is -0.181. The number of Topliss-reactive ketones (excluding diaryl/α,β-unsaturated/α-hetero) is 1. The summed E-state index contributed by atoms with van der Waals surface area (Å²) >= 11 is 9.66. The maximum atomic E-state index is 11.8. The molecule has 0 unspecified atom stereocenters. The third-order valence-electron chi connectivity index (χ3n) is 2.10. The van der Waals surface area contributed by atoms with Crippen molar-refractivity contribution in [3.63, 3.8) is 0 Å². The fourth-order valence-electron chi connectivity index (χ4n) is 1.30. The van der Waals surface area contributed by atoms with Crippen LogP contribution in [0.1, 0.15) is 0 Å². The maximum absolute atomic E-state index is 11.8. The second-order valence-corrected chi connectivity index (χ2v) is 6.03. The predicted molar refractivity (Wildman–Crippen MR) is 77.6 cm³/mol. The van der Waals surface area contributed by atoms with Crippen molar-refractivity contribution in [2.45, 2.75) is 0 Å². The summed E-state index contributed by atoms with van der Waals surface area (Å²) in [6, 6.07) is 5.26. The van der Waals surface area contributed by atoms with Crippen molar-refractivity contribution in [1.29, 1.82) is 0 Å². The molecule has 1 aliphatic rings. The monoisotopic (exact) mass is 434 g/mol. The van der Waals surface area contributed by atoms with Crippen LogP contribution in [0.5, 0.6) is 5.75 Å². The quantitative estimate of drug-likeness (QED) is 0.660. The molecule has 3 nitrogen and oxygen atoms in total. The molecule has 0 fully saturated rings. The van der Waals surface area contributed by atoms with Gasteiger partial charge in [0.15, 0.2) is 11.5 Å². The van der Waals surface area contributed by atoms with E-state index in [1.54, 1.807) is 18.2 Å². The molecule has 2 rings (SSSR count). The predicted octanol–water partition coefficient (Wildman–Crippen LogP) is 3.90. The molecule has 6 heteroatoms. The molecule has 0 spiro atoms. The lowest BCUT2D eigenvalue weighted by Crippen LogP contribution is -2.15. The van der Waals surface area contributed by atoms with Gasteiger partial charge >= 0.3 is 0 Å². The first kappa shape index (κ1) is 13.7. The van der Waals surface area contributed by atoms with Gasteiger partial charge in [0.2, 0.25) is 5.78 Å². The number of halogens is 3. The van der Waals surface area contributed by atoms with Crippen molar-refractivity contribution in [3.8, 4) is 5.75 Å². The summed E-state index contributed by atoms with van der Waals surface area (Å²) in [6.07, 6.45) is 2.38. The Bertz CT molecular complexity index is 603. The standard InChI is InChI=1S/C12H5Br3O3/c13-6-1-2-10(8(14)3-6)18-11-5-7(16)4-9(15)12(11)17/h1-5H. The molecular formula is C12H5Br3O3. The minimum atomic E-state index is -0.357. The van der Waals surface area contributed by atoms with Crippen molar-refractivity contribution in [1.82, 2.24) is 0 Å². The topological polar surface area (TPSA) is 43.4 Å². The van der Waals surface area contributed by atoms with Crippen molar-refractivity contribution >= 4 is 59.4 Å². The number of ether oxygens (including phenoxy) is 1. The molecule has 0 aliphatic heterocycles. The second kappa shape index (κ2) is 5.50. The van der Waals surface area contributed by atoms with Crippen LogP contribution >= 0.6 is 47.8 Å². The lowest BCUT2D eigenvalue weighted by atomic mass is 10.1. The number of ketones is 2. The summed E-state index contributed by atoms with van der Waals surface area (Å²) in [7, 11) is 0. The molecule has 0 heterocycles. The normalized spacial score (nSPS) is 15.3. The Morgan fingerprint density at radius 2 is 1.72 bits per heavy atom. The average molecular weight is 437 g/mol. The van der Waals surface area contributed by atoms with Crippen molar-refractivity contribution in [2.75, 3.05) is 0 Å². The highest BCUT2D eigenvalue weighted by molar-refractivity contribution is 9.12. The van der Waals surface area contributed by atoms with Gasteiger partial charge in [0.05, 0.1) is 8.96 Å². The van der Waals surface area contributed by atoms with E-state index in [4.69, 9.17) is 4.74 Å². The number of rotatable bonds is 2. The highest BCUT2D eigenvalue weighted by Crippen LogP contribution is 2.31. The number of carbonyl (C=O) groups excluding carboxylic acids is 2. The lowest BCUT2D eigenvalue weighted by Gasteiger charge is -2.12. The largest absolute Gasteiger partial charge is 0.452 e. The zero-order valence-electron chi connectivity index (χ0n) is 8.75. The van der Waals surface area contributed by atoms with E-state index in [9.17, 15) is 9.59 Å². The molecule has 0 atom stereocenters. The summed E-state index contributed by atoms with van der Waals surface area (Å²) in [5, 5.41) is 0. The van der Waals surface area contributed by atoms with Gasteiger partial charge in [-0.2, -0.15) is 0 Å². The van der Waals surface area contributed by atoms with Crippen LogP contribution in [0, 0.1) is 0 Å². The Morgan fingerprint density at radius 1 is 1.00 bits per heavy atom. The Kier molecular flexibility index (Phi) is 4.19. The Hall–Kier alpha value is -0.720. The smallest absolute Gasteiger partial charge is 0.235 e. The minimum absolute atomic E-state index is 0.00241. The molecule has 1 aliphatic carbocycles. The maximum Gasteiger partial charge on any atom is 0.235 e. The first-order valence-electron chi connectivity index (χ1n) is 4.78. The number of allylic oxidation sites excluding steroid dienone is 3. The van der Waals surface area contributed by atoms with Crippen LogP contribution in [0.25, 0.3) is 0 Å². The van der Waals surface area contributed by atoms with Gasteiger partial charge in [0, 0.05) is 16.6 Å². The minimum Gasteiger partial charge on any atom is -0.452 e. The third kappa shape index (κ3) is 2.99.